The summed E-state index contributed by atoms with van der Waals surface area (Å²) >= 11 is 0. The van der Waals surface area contributed by atoms with Crippen LogP contribution in [0.3, 0.4) is 0 Å². The van der Waals surface area contributed by atoms with Gasteiger partial charge in [0, 0.05) is 66.0 Å². The Morgan fingerprint density at radius 2 is 0.860 bits per heavy atom. The minimum Gasteiger partial charge on any atom is -0.498 e. The lowest BCUT2D eigenvalue weighted by molar-refractivity contribution is -0.153. The molecule has 2 aliphatic rings. The smallest absolute Gasteiger partial charge is 0.498 e. The summed E-state index contributed by atoms with van der Waals surface area (Å²) < 4.78 is 40.5. The molecule has 0 atom stereocenters. The molecule has 2 aliphatic heterocycles. The Balaban J connectivity index is 0.00000489. The highest BCUT2D eigenvalue weighted by molar-refractivity contribution is 6.26. The van der Waals surface area contributed by atoms with Crippen LogP contribution in [-0.4, -0.2) is 177 Å². The Hall–Kier alpha value is -4.22. The third-order valence-corrected chi connectivity index (χ3v) is 9.42. The van der Waals surface area contributed by atoms with Crippen molar-refractivity contribution < 1.29 is 46.9 Å². The fraction of sp³-hybridized carbons (Fsp3) is 0.750. The Morgan fingerprint density at radius 3 is 1.11 bits per heavy atom. The van der Waals surface area contributed by atoms with Crippen LogP contribution < -0.4 is 0 Å². The van der Waals surface area contributed by atoms with E-state index in [4.69, 9.17) is 9.31 Å². The van der Waals surface area contributed by atoms with Crippen molar-refractivity contribution in [2.45, 2.75) is 116 Å². The van der Waals surface area contributed by atoms with Crippen LogP contribution in [0.1, 0.15) is 93.9 Å². The van der Waals surface area contributed by atoms with Gasteiger partial charge in [-0.3, -0.25) is 38.6 Å². The maximum Gasteiger partial charge on any atom is 0.662 e. The summed E-state index contributed by atoms with van der Waals surface area (Å²) in [4.78, 5) is 83.3. The van der Waals surface area contributed by atoms with E-state index in [1.54, 1.807) is 0 Å². The number of nitrogens with zero attached hydrogens (tertiary/aromatic N) is 6. The summed E-state index contributed by atoms with van der Waals surface area (Å²) in [5.41, 5.74) is -5.72. The van der Waals surface area contributed by atoms with Crippen molar-refractivity contribution >= 4 is 43.3 Å². The Morgan fingerprint density at radius 1 is 0.596 bits per heavy atom. The minimum atomic E-state index is -2.31. The van der Waals surface area contributed by atoms with Crippen molar-refractivity contribution in [3.63, 3.8) is 0 Å². The van der Waals surface area contributed by atoms with Gasteiger partial charge in [0.25, 0.3) is 23.6 Å². The van der Waals surface area contributed by atoms with Crippen LogP contribution in [-0.2, 0) is 38.1 Å². The van der Waals surface area contributed by atoms with Crippen molar-refractivity contribution in [3.8, 4) is 23.7 Å². The highest BCUT2D eigenvalue weighted by Gasteiger charge is 2.46. The number of carbonyl (C=O) groups excluding carboxylic acids is 6. The van der Waals surface area contributed by atoms with Gasteiger partial charge in [-0.1, -0.05) is 52.4 Å². The lowest BCUT2D eigenvalue weighted by Gasteiger charge is -2.36. The van der Waals surface area contributed by atoms with Crippen molar-refractivity contribution in [1.29, 1.82) is 0 Å². The number of hydrogen-bond donors (Lipinski definition) is 0. The summed E-state index contributed by atoms with van der Waals surface area (Å²) in [6, 6.07) is 0. The van der Waals surface area contributed by atoms with E-state index in [0.29, 0.717) is 7.69 Å². The van der Waals surface area contributed by atoms with Crippen LogP contribution >= 0.6 is 0 Å². The average Bonchev–Trinajstić information content (AvgIpc) is 3.13. The summed E-state index contributed by atoms with van der Waals surface area (Å²) in [5, 5.41) is 0. The normalized spacial score (nSPS) is 15.8. The summed E-state index contributed by atoms with van der Waals surface area (Å²) in [5.74, 6) is 5.96. The van der Waals surface area contributed by atoms with Gasteiger partial charge in [-0.25, -0.2) is 8.78 Å². The molecule has 17 heteroatoms. The fourth-order valence-corrected chi connectivity index (χ4v) is 4.77. The van der Waals surface area contributed by atoms with Crippen LogP contribution in [0.4, 0.5) is 8.78 Å². The molecule has 0 aromatic heterocycles. The van der Waals surface area contributed by atoms with E-state index in [1.807, 2.05) is 65.7 Å². The predicted octanol–water partition coefficient (Wildman–Crippen LogP) is 2.71. The van der Waals surface area contributed by atoms with Gasteiger partial charge in [-0.2, -0.15) is 0 Å². The number of hydrogen-bond acceptors (Lipinski definition) is 10. The lowest BCUT2D eigenvalue weighted by Crippen LogP contribution is -2.53. The van der Waals surface area contributed by atoms with Gasteiger partial charge in [-0.05, 0) is 67.7 Å². The second-order valence-electron chi connectivity index (χ2n) is 15.7. The molecule has 2 fully saturated rings. The van der Waals surface area contributed by atoms with Crippen molar-refractivity contribution in [1.82, 2.24) is 29.4 Å². The van der Waals surface area contributed by atoms with Crippen LogP contribution in [0, 0.1) is 23.7 Å². The van der Waals surface area contributed by atoms with Gasteiger partial charge in [0.05, 0.1) is 11.1 Å². The number of amides is 4. The second-order valence-corrected chi connectivity index (χ2v) is 15.7. The van der Waals surface area contributed by atoms with Crippen LogP contribution in [0.15, 0.2) is 0 Å². The fourth-order valence-electron chi connectivity index (χ4n) is 4.77. The van der Waals surface area contributed by atoms with Crippen molar-refractivity contribution in [2.75, 3.05) is 81.6 Å². The first-order chi connectivity index (χ1) is 26.3. The topological polar surface area (TPSA) is 140 Å². The number of halogens is 2. The first kappa shape index (κ1) is 52.8. The molecule has 57 heavy (non-hydrogen) atoms. The quantitative estimate of drug-likeness (QED) is 0.239. The molecular weight excluding hydrogens is 741 g/mol. The lowest BCUT2D eigenvalue weighted by atomic mass is 9.91. The van der Waals surface area contributed by atoms with Crippen LogP contribution in [0.25, 0.3) is 0 Å². The standard InChI is InChI=1S/C34H50BF2N6O8.2C3H8/c1-31(2,38(5)6)13-11-25(44)42-19-15-33(36,16-20-42)29(48)40(9)23-27(46)50-35-51-28(47)24-41(10)30(49)34(37)17-21-43(22-18-34)26(45)12-14-32(3,4)39(7)8;2*1-3-2/h15-24H2,1-10H3;2*3H2,1-2H3. The number of carbonyl (C=O) groups is 6. The third-order valence-electron chi connectivity index (χ3n) is 9.42. The molecule has 0 saturated carbocycles. The Labute approximate surface area is 340 Å². The zero-order valence-corrected chi connectivity index (χ0v) is 36.8. The molecular formula is C40H66BF2N6O8. The molecule has 14 nitrogen and oxygen atoms in total. The largest absolute Gasteiger partial charge is 0.662 e. The molecule has 0 aromatic rings. The summed E-state index contributed by atoms with van der Waals surface area (Å²) in [7, 11) is 10.1. The van der Waals surface area contributed by atoms with Gasteiger partial charge >= 0.3 is 19.6 Å². The SMILES string of the molecule is CCC.CCC.CN(CC(=O)O[B]OC(=O)CN(C)C(=O)C1(F)CCN(C(=O)C#CC(C)(C)N(C)C)CC1)C(=O)C1(F)CCN(C(=O)C#CC(C)(C)N(C)C)CC1. The molecule has 321 valence electrons. The summed E-state index contributed by atoms with van der Waals surface area (Å²) in [6.07, 6.45) is 1.36. The molecule has 0 aliphatic carbocycles. The molecule has 2 heterocycles. The number of likely N-dealkylation sites (tertiary alicyclic amines) is 2. The van der Waals surface area contributed by atoms with Crippen molar-refractivity contribution in [2.24, 2.45) is 0 Å². The van der Waals surface area contributed by atoms with E-state index in [-0.39, 0.29) is 51.9 Å². The molecule has 4 amide bonds. The van der Waals surface area contributed by atoms with Gasteiger partial charge < -0.3 is 28.9 Å². The number of likely N-dealkylation sites (N-methyl/N-ethyl adjacent to an activating group) is 2. The van der Waals surface area contributed by atoms with Gasteiger partial charge in [-0.15, -0.1) is 0 Å². The highest BCUT2D eigenvalue weighted by Crippen LogP contribution is 2.30. The maximum atomic E-state index is 15.6. The average molecular weight is 808 g/mol. The minimum absolute atomic E-state index is 0.0378. The zero-order chi connectivity index (χ0) is 44.4. The molecule has 0 aromatic carbocycles. The third kappa shape index (κ3) is 17.4. The summed E-state index contributed by atoms with van der Waals surface area (Å²) in [6.45, 7) is 14.4. The maximum absolute atomic E-state index is 15.6. The second kappa shape index (κ2) is 23.9. The molecule has 0 unspecified atom stereocenters. The number of rotatable bonds is 10. The highest BCUT2D eigenvalue weighted by atomic mass is 19.1. The van der Waals surface area contributed by atoms with Gasteiger partial charge in [0.2, 0.25) is 0 Å². The van der Waals surface area contributed by atoms with Crippen molar-refractivity contribution in [3.05, 3.63) is 0 Å². The van der Waals surface area contributed by atoms with E-state index in [9.17, 15) is 28.8 Å². The van der Waals surface area contributed by atoms with E-state index in [2.05, 4.69) is 51.4 Å². The van der Waals surface area contributed by atoms with Gasteiger partial charge in [0.15, 0.2) is 11.3 Å². The Bertz CT molecular complexity index is 1390. The van der Waals surface area contributed by atoms with Gasteiger partial charge in [0.1, 0.15) is 13.1 Å². The van der Waals surface area contributed by atoms with Crippen LogP contribution in [0.2, 0.25) is 0 Å². The molecule has 0 bridgehead atoms. The van der Waals surface area contributed by atoms with E-state index in [1.165, 1.54) is 36.7 Å². The number of piperidine rings is 2. The molecule has 0 N–H and O–H groups in total. The predicted molar refractivity (Wildman–Crippen MR) is 216 cm³/mol. The molecule has 1 radical (unpaired) electrons. The Kier molecular flexibility index (Phi) is 22.1. The zero-order valence-electron chi connectivity index (χ0n) is 36.8. The van der Waals surface area contributed by atoms with E-state index < -0.39 is 71.1 Å². The monoisotopic (exact) mass is 808 g/mol. The van der Waals surface area contributed by atoms with Crippen LogP contribution in [0.5, 0.6) is 0 Å². The first-order valence-electron chi connectivity index (χ1n) is 19.4. The first-order valence-corrected chi connectivity index (χ1v) is 19.4. The molecule has 0 spiro atoms. The molecule has 2 saturated heterocycles. The number of alkyl halides is 2. The molecule has 2 rings (SSSR count). The van der Waals surface area contributed by atoms with E-state index >= 15 is 8.78 Å². The van der Waals surface area contributed by atoms with E-state index in [0.717, 1.165) is 9.80 Å².